The largest absolute Gasteiger partial charge is 0.356 e. The lowest BCUT2D eigenvalue weighted by atomic mass is 10.1. The molecule has 0 radical (unpaired) electrons. The predicted octanol–water partition coefficient (Wildman–Crippen LogP) is 3.78. The van der Waals surface area contributed by atoms with E-state index >= 15 is 0 Å². The first-order chi connectivity index (χ1) is 11.4. The van der Waals surface area contributed by atoms with Crippen molar-refractivity contribution in [2.45, 2.75) is 32.2 Å². The number of nitrogens with one attached hydrogen (secondary N) is 2. The van der Waals surface area contributed by atoms with Gasteiger partial charge in [-0.1, -0.05) is 42.8 Å². The van der Waals surface area contributed by atoms with Gasteiger partial charge in [0.25, 0.3) is 0 Å². The molecule has 0 bridgehead atoms. The van der Waals surface area contributed by atoms with E-state index in [1.165, 1.54) is 18.4 Å². The monoisotopic (exact) mass is 438 g/mol. The number of unbranched alkanes of at least 4 members (excludes halogenated alkanes) is 2. The topological polar surface area (TPSA) is 49.3 Å². The number of nitrogens with zero attached hydrogens (tertiary/aromatic N) is 2. The van der Waals surface area contributed by atoms with Gasteiger partial charge in [0.05, 0.1) is 12.2 Å². The van der Waals surface area contributed by atoms with E-state index in [1.54, 1.807) is 13.2 Å². The molecule has 130 valence electrons. The molecule has 1 aromatic carbocycles. The summed E-state index contributed by atoms with van der Waals surface area (Å²) in [7, 11) is 1.79. The summed E-state index contributed by atoms with van der Waals surface area (Å²) in [5.41, 5.74) is 2.44. The fraction of sp³-hybridized carbons (Fsp3) is 0.368. The molecule has 1 heterocycles. The zero-order valence-corrected chi connectivity index (χ0v) is 16.6. The van der Waals surface area contributed by atoms with Crippen molar-refractivity contribution in [2.75, 3.05) is 13.6 Å². The molecule has 0 saturated carbocycles. The minimum absolute atomic E-state index is 0. The third-order valence-corrected chi connectivity index (χ3v) is 3.66. The average Bonchev–Trinajstić information content (AvgIpc) is 2.62. The molecule has 0 unspecified atom stereocenters. The zero-order valence-electron chi connectivity index (χ0n) is 14.2. The maximum absolute atomic E-state index is 4.29. The van der Waals surface area contributed by atoms with Gasteiger partial charge in [0.1, 0.15) is 0 Å². The van der Waals surface area contributed by atoms with Crippen molar-refractivity contribution in [2.24, 2.45) is 4.99 Å². The van der Waals surface area contributed by atoms with Crippen LogP contribution in [0.25, 0.3) is 0 Å². The molecule has 0 saturated heterocycles. The quantitative estimate of drug-likeness (QED) is 0.286. The van der Waals surface area contributed by atoms with Gasteiger partial charge >= 0.3 is 0 Å². The second-order valence-corrected chi connectivity index (χ2v) is 5.47. The SMILES string of the molecule is CN=C(NCCCCCc1ccccc1)NCc1ccccn1.I. The second kappa shape index (κ2) is 12.8. The van der Waals surface area contributed by atoms with Gasteiger partial charge in [-0.25, -0.2) is 0 Å². The molecule has 2 N–H and O–H groups in total. The van der Waals surface area contributed by atoms with Gasteiger partial charge in [0, 0.05) is 19.8 Å². The van der Waals surface area contributed by atoms with Crippen LogP contribution in [0.5, 0.6) is 0 Å². The number of aryl methyl sites for hydroxylation is 1. The van der Waals surface area contributed by atoms with E-state index in [4.69, 9.17) is 0 Å². The first-order valence-electron chi connectivity index (χ1n) is 8.27. The number of halogens is 1. The molecule has 0 aliphatic heterocycles. The lowest BCUT2D eigenvalue weighted by molar-refractivity contribution is 0.655. The Morgan fingerprint density at radius 3 is 2.46 bits per heavy atom. The molecule has 0 aliphatic rings. The Morgan fingerprint density at radius 2 is 1.75 bits per heavy atom. The number of benzene rings is 1. The molecule has 2 aromatic rings. The van der Waals surface area contributed by atoms with Gasteiger partial charge in [-0.15, -0.1) is 24.0 Å². The van der Waals surface area contributed by atoms with E-state index in [1.807, 2.05) is 18.2 Å². The Morgan fingerprint density at radius 1 is 0.958 bits per heavy atom. The van der Waals surface area contributed by atoms with E-state index in [-0.39, 0.29) is 24.0 Å². The summed E-state index contributed by atoms with van der Waals surface area (Å²) in [6.07, 6.45) is 6.56. The van der Waals surface area contributed by atoms with Crippen LogP contribution in [0.1, 0.15) is 30.5 Å². The highest BCUT2D eigenvalue weighted by Crippen LogP contribution is 2.05. The van der Waals surface area contributed by atoms with Crippen LogP contribution in [0.15, 0.2) is 59.7 Å². The smallest absolute Gasteiger partial charge is 0.191 e. The lowest BCUT2D eigenvalue weighted by Gasteiger charge is -2.11. The summed E-state index contributed by atoms with van der Waals surface area (Å²) >= 11 is 0. The molecule has 24 heavy (non-hydrogen) atoms. The van der Waals surface area contributed by atoms with Crippen molar-refractivity contribution in [3.63, 3.8) is 0 Å². The number of guanidine groups is 1. The fourth-order valence-electron chi connectivity index (χ4n) is 2.38. The maximum atomic E-state index is 4.29. The molecule has 1 aromatic heterocycles. The van der Waals surface area contributed by atoms with Crippen molar-refractivity contribution in [3.05, 3.63) is 66.0 Å². The Balaban J connectivity index is 0.00000288. The average molecular weight is 438 g/mol. The predicted molar refractivity (Wildman–Crippen MR) is 112 cm³/mol. The summed E-state index contributed by atoms with van der Waals surface area (Å²) in [6.45, 7) is 1.63. The normalized spacial score (nSPS) is 10.8. The van der Waals surface area contributed by atoms with Gasteiger partial charge in [-0.05, 0) is 37.0 Å². The fourth-order valence-corrected chi connectivity index (χ4v) is 2.38. The van der Waals surface area contributed by atoms with E-state index in [0.717, 1.165) is 31.0 Å². The van der Waals surface area contributed by atoms with Crippen molar-refractivity contribution in [3.8, 4) is 0 Å². The summed E-state index contributed by atoms with van der Waals surface area (Å²) < 4.78 is 0. The molecule has 2 rings (SSSR count). The summed E-state index contributed by atoms with van der Waals surface area (Å²) in [5, 5.41) is 6.63. The van der Waals surface area contributed by atoms with Crippen molar-refractivity contribution in [1.82, 2.24) is 15.6 Å². The van der Waals surface area contributed by atoms with Gasteiger partial charge in [0.2, 0.25) is 0 Å². The molecule has 5 heteroatoms. The van der Waals surface area contributed by atoms with Crippen molar-refractivity contribution < 1.29 is 0 Å². The molecule has 0 aliphatic carbocycles. The van der Waals surface area contributed by atoms with E-state index in [0.29, 0.717) is 6.54 Å². The number of rotatable bonds is 8. The van der Waals surface area contributed by atoms with Crippen LogP contribution in [0, 0.1) is 0 Å². The first-order valence-corrected chi connectivity index (χ1v) is 8.27. The first kappa shape index (κ1) is 20.4. The lowest BCUT2D eigenvalue weighted by Crippen LogP contribution is -2.37. The van der Waals surface area contributed by atoms with Crippen LogP contribution in [-0.2, 0) is 13.0 Å². The summed E-state index contributed by atoms with van der Waals surface area (Å²) in [5.74, 6) is 0.832. The second-order valence-electron chi connectivity index (χ2n) is 5.47. The maximum Gasteiger partial charge on any atom is 0.191 e. The van der Waals surface area contributed by atoms with Crippen molar-refractivity contribution >= 4 is 29.9 Å². The Hall–Kier alpha value is -1.63. The summed E-state index contributed by atoms with van der Waals surface area (Å²) in [6, 6.07) is 16.6. The molecule has 0 spiro atoms. The van der Waals surface area contributed by atoms with Crippen LogP contribution in [0.4, 0.5) is 0 Å². The number of aromatic nitrogens is 1. The number of hydrogen-bond acceptors (Lipinski definition) is 2. The molecule has 0 amide bonds. The van der Waals surface area contributed by atoms with Gasteiger partial charge in [0.15, 0.2) is 5.96 Å². The molecule has 0 atom stereocenters. The van der Waals surface area contributed by atoms with Crippen LogP contribution in [0.3, 0.4) is 0 Å². The van der Waals surface area contributed by atoms with E-state index in [2.05, 4.69) is 50.9 Å². The summed E-state index contributed by atoms with van der Waals surface area (Å²) in [4.78, 5) is 8.52. The van der Waals surface area contributed by atoms with Crippen LogP contribution < -0.4 is 10.6 Å². The number of aliphatic imine (C=N–C) groups is 1. The molecular formula is C19H27IN4. The van der Waals surface area contributed by atoms with Gasteiger partial charge in [-0.2, -0.15) is 0 Å². The van der Waals surface area contributed by atoms with Gasteiger partial charge in [-0.3, -0.25) is 9.98 Å². The number of hydrogen-bond donors (Lipinski definition) is 2. The third-order valence-electron chi connectivity index (χ3n) is 3.66. The molecule has 4 nitrogen and oxygen atoms in total. The minimum Gasteiger partial charge on any atom is -0.356 e. The third kappa shape index (κ3) is 8.29. The number of pyridine rings is 1. The highest BCUT2D eigenvalue weighted by molar-refractivity contribution is 14.0. The highest BCUT2D eigenvalue weighted by Gasteiger charge is 1.98. The van der Waals surface area contributed by atoms with Crippen LogP contribution >= 0.6 is 24.0 Å². The molecule has 0 fully saturated rings. The zero-order chi connectivity index (χ0) is 16.2. The standard InChI is InChI=1S/C19H26N4.HI/c1-20-19(23-16-18-13-7-9-14-21-18)22-15-8-3-6-12-17-10-4-2-5-11-17;/h2,4-5,7,9-11,13-14H,3,6,8,12,15-16H2,1H3,(H2,20,22,23);1H. The molecular weight excluding hydrogens is 411 g/mol. The highest BCUT2D eigenvalue weighted by atomic mass is 127. The Bertz CT molecular complexity index is 572. The van der Waals surface area contributed by atoms with Crippen LogP contribution in [-0.4, -0.2) is 24.5 Å². The van der Waals surface area contributed by atoms with Crippen molar-refractivity contribution in [1.29, 1.82) is 0 Å². The van der Waals surface area contributed by atoms with E-state index in [9.17, 15) is 0 Å². The van der Waals surface area contributed by atoms with Gasteiger partial charge < -0.3 is 10.6 Å². The minimum atomic E-state index is 0. The Labute approximate surface area is 162 Å². The van der Waals surface area contributed by atoms with E-state index < -0.39 is 0 Å². The Kier molecular flexibility index (Phi) is 10.8. The van der Waals surface area contributed by atoms with Crippen LogP contribution in [0.2, 0.25) is 0 Å².